The van der Waals surface area contributed by atoms with E-state index in [1.54, 1.807) is 0 Å². The molecule has 1 N–H and O–H groups in total. The van der Waals surface area contributed by atoms with Crippen LogP contribution in [-0.2, 0) is 9.53 Å². The molecular weight excluding hydrogens is 240 g/mol. The molecular formula is C15H26N2O2. The zero-order valence-electron chi connectivity index (χ0n) is 12.1. The number of methoxy groups -OCH3 is 1. The predicted octanol–water partition coefficient (Wildman–Crippen LogP) is 1.40. The van der Waals surface area contributed by atoms with Crippen LogP contribution in [-0.4, -0.2) is 49.2 Å². The summed E-state index contributed by atoms with van der Waals surface area (Å²) in [5.41, 5.74) is 0. The van der Waals surface area contributed by atoms with Crippen LogP contribution in [0.3, 0.4) is 0 Å². The number of ether oxygens (including phenoxy) is 1. The first-order valence-corrected chi connectivity index (χ1v) is 7.75. The Balaban J connectivity index is 1.63. The largest absolute Gasteiger partial charge is 0.469 e. The predicted molar refractivity (Wildman–Crippen MR) is 73.8 cm³/mol. The highest BCUT2D eigenvalue weighted by molar-refractivity contribution is 5.72. The number of nitrogens with zero attached hydrogens (tertiary/aromatic N) is 1. The van der Waals surface area contributed by atoms with Gasteiger partial charge in [0.05, 0.1) is 13.0 Å². The van der Waals surface area contributed by atoms with Crippen molar-refractivity contribution in [3.8, 4) is 0 Å². The molecule has 0 aromatic carbocycles. The molecule has 0 aromatic rings. The molecule has 2 saturated carbocycles. The number of carbonyl (C=O) groups is 1. The molecule has 3 rings (SSSR count). The van der Waals surface area contributed by atoms with Crippen LogP contribution in [0.2, 0.25) is 0 Å². The minimum atomic E-state index is -0.0285. The van der Waals surface area contributed by atoms with Crippen molar-refractivity contribution >= 4 is 5.97 Å². The first kappa shape index (κ1) is 13.4. The standard InChI is InChI=1S/C15H26N2O2/c1-10-3-6-14(10)17-8-11(15(18)19-2)7-13(9-17)16-12-4-5-12/h10-14,16H,3-9H2,1-2H3. The molecule has 1 saturated heterocycles. The molecule has 108 valence electrons. The summed E-state index contributed by atoms with van der Waals surface area (Å²) in [7, 11) is 1.51. The fourth-order valence-electron chi connectivity index (χ4n) is 3.64. The van der Waals surface area contributed by atoms with Gasteiger partial charge >= 0.3 is 5.97 Å². The summed E-state index contributed by atoms with van der Waals surface area (Å²) in [5.74, 6) is 0.819. The molecule has 4 atom stereocenters. The Kier molecular flexibility index (Phi) is 3.81. The van der Waals surface area contributed by atoms with Gasteiger partial charge in [0.15, 0.2) is 0 Å². The average Bonchev–Trinajstić information content (AvgIpc) is 3.19. The van der Waals surface area contributed by atoms with E-state index < -0.39 is 0 Å². The maximum Gasteiger partial charge on any atom is 0.310 e. The van der Waals surface area contributed by atoms with Crippen molar-refractivity contribution in [2.45, 2.75) is 57.2 Å². The lowest BCUT2D eigenvalue weighted by Gasteiger charge is -2.48. The number of hydrogen-bond donors (Lipinski definition) is 1. The van der Waals surface area contributed by atoms with Gasteiger partial charge < -0.3 is 10.1 Å². The van der Waals surface area contributed by atoms with E-state index in [-0.39, 0.29) is 11.9 Å². The highest BCUT2D eigenvalue weighted by Crippen LogP contribution is 2.35. The minimum Gasteiger partial charge on any atom is -0.469 e. The van der Waals surface area contributed by atoms with Crippen molar-refractivity contribution < 1.29 is 9.53 Å². The topological polar surface area (TPSA) is 41.6 Å². The number of hydrogen-bond acceptors (Lipinski definition) is 4. The van der Waals surface area contributed by atoms with Crippen LogP contribution >= 0.6 is 0 Å². The molecule has 4 unspecified atom stereocenters. The summed E-state index contributed by atoms with van der Waals surface area (Å²) in [6.45, 7) is 4.34. The number of piperidine rings is 1. The van der Waals surface area contributed by atoms with Crippen LogP contribution in [0.15, 0.2) is 0 Å². The Morgan fingerprint density at radius 1 is 1.16 bits per heavy atom. The van der Waals surface area contributed by atoms with Crippen molar-refractivity contribution in [1.29, 1.82) is 0 Å². The fourth-order valence-corrected chi connectivity index (χ4v) is 3.64. The van der Waals surface area contributed by atoms with Crippen LogP contribution in [0.5, 0.6) is 0 Å². The first-order valence-electron chi connectivity index (χ1n) is 7.75. The molecule has 0 radical (unpaired) electrons. The van der Waals surface area contributed by atoms with E-state index in [2.05, 4.69) is 17.1 Å². The van der Waals surface area contributed by atoms with Crippen LogP contribution < -0.4 is 5.32 Å². The number of rotatable bonds is 4. The highest BCUT2D eigenvalue weighted by atomic mass is 16.5. The summed E-state index contributed by atoms with van der Waals surface area (Å²) < 4.78 is 4.97. The summed E-state index contributed by atoms with van der Waals surface area (Å²) in [5, 5.41) is 3.70. The Hall–Kier alpha value is -0.610. The van der Waals surface area contributed by atoms with Crippen LogP contribution in [0.25, 0.3) is 0 Å². The van der Waals surface area contributed by atoms with E-state index >= 15 is 0 Å². The second-order valence-electron chi connectivity index (χ2n) is 6.67. The van der Waals surface area contributed by atoms with E-state index in [0.29, 0.717) is 18.1 Å². The molecule has 2 aliphatic carbocycles. The Labute approximate surface area is 115 Å². The Morgan fingerprint density at radius 3 is 2.47 bits per heavy atom. The summed E-state index contributed by atoms with van der Waals surface area (Å²) in [4.78, 5) is 14.4. The summed E-state index contributed by atoms with van der Waals surface area (Å²) in [6.07, 6.45) is 6.19. The van der Waals surface area contributed by atoms with Crippen LogP contribution in [0.4, 0.5) is 0 Å². The normalized spacial score (nSPS) is 39.7. The molecule has 0 spiro atoms. The monoisotopic (exact) mass is 266 g/mol. The van der Waals surface area contributed by atoms with E-state index in [9.17, 15) is 4.79 Å². The smallest absolute Gasteiger partial charge is 0.310 e. The molecule has 4 heteroatoms. The average molecular weight is 266 g/mol. The second-order valence-corrected chi connectivity index (χ2v) is 6.67. The maximum absolute atomic E-state index is 11.9. The van der Waals surface area contributed by atoms with Crippen LogP contribution in [0.1, 0.15) is 39.0 Å². The second kappa shape index (κ2) is 5.41. The molecule has 3 fully saturated rings. The maximum atomic E-state index is 11.9. The summed E-state index contributed by atoms with van der Waals surface area (Å²) >= 11 is 0. The van der Waals surface area contributed by atoms with E-state index in [0.717, 1.165) is 25.4 Å². The van der Waals surface area contributed by atoms with Gasteiger partial charge in [-0.2, -0.15) is 0 Å². The third kappa shape index (κ3) is 2.95. The molecule has 0 bridgehead atoms. The number of esters is 1. The third-order valence-electron chi connectivity index (χ3n) is 5.11. The number of nitrogens with one attached hydrogen (secondary N) is 1. The lowest BCUT2D eigenvalue weighted by atomic mass is 9.78. The van der Waals surface area contributed by atoms with Crippen molar-refractivity contribution in [2.75, 3.05) is 20.2 Å². The van der Waals surface area contributed by atoms with E-state index in [1.807, 2.05) is 0 Å². The first-order chi connectivity index (χ1) is 9.17. The number of likely N-dealkylation sites (tertiary alicyclic amines) is 1. The minimum absolute atomic E-state index is 0.0285. The van der Waals surface area contributed by atoms with Gasteiger partial charge in [-0.3, -0.25) is 9.69 Å². The quantitative estimate of drug-likeness (QED) is 0.781. The lowest BCUT2D eigenvalue weighted by molar-refractivity contribution is -0.148. The molecule has 4 nitrogen and oxygen atoms in total. The molecule has 3 aliphatic rings. The van der Waals surface area contributed by atoms with E-state index in [1.165, 1.54) is 32.8 Å². The van der Waals surface area contributed by atoms with Crippen molar-refractivity contribution in [3.05, 3.63) is 0 Å². The Morgan fingerprint density at radius 2 is 1.95 bits per heavy atom. The zero-order chi connectivity index (χ0) is 13.4. The summed E-state index contributed by atoms with van der Waals surface area (Å²) in [6, 6.07) is 1.87. The Bertz CT molecular complexity index is 343. The molecule has 1 aliphatic heterocycles. The molecule has 19 heavy (non-hydrogen) atoms. The van der Waals surface area contributed by atoms with Gasteiger partial charge in [-0.1, -0.05) is 6.92 Å². The van der Waals surface area contributed by atoms with Crippen LogP contribution in [0, 0.1) is 11.8 Å². The zero-order valence-corrected chi connectivity index (χ0v) is 12.1. The number of carbonyl (C=O) groups excluding carboxylic acids is 1. The third-order valence-corrected chi connectivity index (χ3v) is 5.11. The van der Waals surface area contributed by atoms with Gasteiger partial charge in [0.1, 0.15) is 0 Å². The van der Waals surface area contributed by atoms with Crippen molar-refractivity contribution in [3.63, 3.8) is 0 Å². The van der Waals surface area contributed by atoms with Gasteiger partial charge in [0, 0.05) is 31.2 Å². The van der Waals surface area contributed by atoms with Gasteiger partial charge in [-0.05, 0) is 38.0 Å². The van der Waals surface area contributed by atoms with Gasteiger partial charge in [-0.25, -0.2) is 0 Å². The molecule has 0 aromatic heterocycles. The van der Waals surface area contributed by atoms with Gasteiger partial charge in [0.25, 0.3) is 0 Å². The van der Waals surface area contributed by atoms with Gasteiger partial charge in [0.2, 0.25) is 0 Å². The highest BCUT2D eigenvalue weighted by Gasteiger charge is 2.40. The molecule has 1 heterocycles. The van der Waals surface area contributed by atoms with E-state index in [4.69, 9.17) is 4.74 Å². The van der Waals surface area contributed by atoms with Crippen molar-refractivity contribution in [2.24, 2.45) is 11.8 Å². The van der Waals surface area contributed by atoms with Crippen molar-refractivity contribution in [1.82, 2.24) is 10.2 Å². The molecule has 0 amide bonds. The fraction of sp³-hybridized carbons (Fsp3) is 0.933. The SMILES string of the molecule is COC(=O)C1CC(NC2CC2)CN(C2CCC2C)C1. The lowest BCUT2D eigenvalue weighted by Crippen LogP contribution is -2.58. The van der Waals surface area contributed by atoms with Gasteiger partial charge in [-0.15, -0.1) is 0 Å².